The number of hydrogen-bond acceptors (Lipinski definition) is 5. The molecule has 0 fully saturated rings. The van der Waals surface area contributed by atoms with Gasteiger partial charge in [-0.1, -0.05) is 0 Å². The Morgan fingerprint density at radius 1 is 1.25 bits per heavy atom. The molecule has 1 aromatic rings. The Kier molecular flexibility index (Phi) is 5.37. The number of hydrazone groups is 1. The van der Waals surface area contributed by atoms with Gasteiger partial charge < -0.3 is 14.2 Å². The molecule has 0 heterocycles. The van der Waals surface area contributed by atoms with E-state index in [1.54, 1.807) is 53.2 Å². The topological polar surface area (TPSA) is 69.2 Å². The second kappa shape index (κ2) is 6.79. The van der Waals surface area contributed by atoms with Crippen molar-refractivity contribution in [1.82, 2.24) is 5.43 Å². The Bertz CT molecular complexity index is 492. The van der Waals surface area contributed by atoms with Gasteiger partial charge in [0.15, 0.2) is 0 Å². The first-order valence-electron chi connectivity index (χ1n) is 6.10. The van der Waals surface area contributed by atoms with Gasteiger partial charge in [0.25, 0.3) is 0 Å². The van der Waals surface area contributed by atoms with E-state index in [0.717, 1.165) is 0 Å². The predicted molar refractivity (Wildman–Crippen MR) is 76.5 cm³/mol. The number of nitrogens with one attached hydrogen (secondary N) is 1. The van der Waals surface area contributed by atoms with Crippen LogP contribution in [0, 0.1) is 0 Å². The van der Waals surface area contributed by atoms with Crippen molar-refractivity contribution in [2.24, 2.45) is 5.10 Å². The highest BCUT2D eigenvalue weighted by Crippen LogP contribution is 2.22. The second-order valence-electron chi connectivity index (χ2n) is 4.98. The number of ether oxygens (including phenoxy) is 3. The van der Waals surface area contributed by atoms with Crippen LogP contribution in [0.25, 0.3) is 0 Å². The van der Waals surface area contributed by atoms with Crippen LogP contribution in [0.5, 0.6) is 11.5 Å². The van der Waals surface area contributed by atoms with Crippen LogP contribution in [0.3, 0.4) is 0 Å². The van der Waals surface area contributed by atoms with Crippen molar-refractivity contribution < 1.29 is 19.0 Å². The van der Waals surface area contributed by atoms with E-state index in [-0.39, 0.29) is 0 Å². The van der Waals surface area contributed by atoms with Crippen LogP contribution in [0.2, 0.25) is 0 Å². The number of methoxy groups -OCH3 is 2. The fraction of sp³-hybridized carbons (Fsp3) is 0.429. The van der Waals surface area contributed by atoms with Crippen LogP contribution in [0.15, 0.2) is 23.3 Å². The smallest absolute Gasteiger partial charge is 0.428 e. The van der Waals surface area contributed by atoms with E-state index < -0.39 is 11.7 Å². The average Bonchev–Trinajstić information content (AvgIpc) is 2.36. The second-order valence-corrected chi connectivity index (χ2v) is 4.98. The minimum atomic E-state index is -0.615. The SMILES string of the molecule is COc1ccc(OC)c(C=NNC(=O)OC(C)(C)C)c1. The van der Waals surface area contributed by atoms with Crippen LogP contribution in [0.1, 0.15) is 26.3 Å². The summed E-state index contributed by atoms with van der Waals surface area (Å²) in [7, 11) is 3.13. The number of nitrogens with zero attached hydrogens (tertiary/aromatic N) is 1. The summed E-state index contributed by atoms with van der Waals surface area (Å²) in [6.07, 6.45) is 0.848. The molecule has 0 bridgehead atoms. The van der Waals surface area contributed by atoms with Crippen molar-refractivity contribution in [3.63, 3.8) is 0 Å². The molecule has 0 saturated carbocycles. The first-order valence-corrected chi connectivity index (χ1v) is 6.10. The lowest BCUT2D eigenvalue weighted by molar-refractivity contribution is 0.0529. The van der Waals surface area contributed by atoms with Crippen LogP contribution < -0.4 is 14.9 Å². The maximum absolute atomic E-state index is 11.4. The van der Waals surface area contributed by atoms with Gasteiger partial charge in [0.2, 0.25) is 0 Å². The zero-order valence-corrected chi connectivity index (χ0v) is 12.4. The number of amides is 1. The largest absolute Gasteiger partial charge is 0.497 e. The van der Waals surface area contributed by atoms with Crippen LogP contribution in [-0.4, -0.2) is 32.1 Å². The summed E-state index contributed by atoms with van der Waals surface area (Å²) in [5.41, 5.74) is 2.41. The van der Waals surface area contributed by atoms with Crippen molar-refractivity contribution >= 4 is 12.3 Å². The Balaban J connectivity index is 2.72. The van der Waals surface area contributed by atoms with Crippen LogP contribution in [0.4, 0.5) is 4.79 Å². The van der Waals surface area contributed by atoms with E-state index in [2.05, 4.69) is 10.5 Å². The highest BCUT2D eigenvalue weighted by atomic mass is 16.6. The van der Waals surface area contributed by atoms with E-state index in [1.807, 2.05) is 0 Å². The van der Waals surface area contributed by atoms with Gasteiger partial charge in [-0.3, -0.25) is 0 Å². The zero-order valence-electron chi connectivity index (χ0n) is 12.4. The number of carbonyl (C=O) groups is 1. The quantitative estimate of drug-likeness (QED) is 0.679. The van der Waals surface area contributed by atoms with E-state index >= 15 is 0 Å². The normalized spacial score (nSPS) is 11.2. The molecule has 0 aromatic heterocycles. The summed E-state index contributed by atoms with van der Waals surface area (Å²) >= 11 is 0. The minimum Gasteiger partial charge on any atom is -0.497 e. The van der Waals surface area contributed by atoms with Crippen LogP contribution >= 0.6 is 0 Å². The van der Waals surface area contributed by atoms with E-state index in [1.165, 1.54) is 6.21 Å². The third-order valence-electron chi connectivity index (χ3n) is 2.20. The fourth-order valence-corrected chi connectivity index (χ4v) is 1.40. The summed E-state index contributed by atoms with van der Waals surface area (Å²) in [6, 6.07) is 5.28. The Morgan fingerprint density at radius 2 is 1.95 bits per heavy atom. The van der Waals surface area contributed by atoms with Gasteiger partial charge in [-0.15, -0.1) is 0 Å². The maximum Gasteiger partial charge on any atom is 0.428 e. The van der Waals surface area contributed by atoms with Crippen molar-refractivity contribution in [3.05, 3.63) is 23.8 Å². The Labute approximate surface area is 118 Å². The maximum atomic E-state index is 11.4. The van der Waals surface area contributed by atoms with E-state index in [4.69, 9.17) is 14.2 Å². The third-order valence-corrected chi connectivity index (χ3v) is 2.20. The molecule has 1 aromatic carbocycles. The van der Waals surface area contributed by atoms with Gasteiger partial charge in [0, 0.05) is 5.56 Å². The minimum absolute atomic E-state index is 0.562. The number of hydrogen-bond donors (Lipinski definition) is 1. The first kappa shape index (κ1) is 15.8. The lowest BCUT2D eigenvalue weighted by Gasteiger charge is -2.18. The fourth-order valence-electron chi connectivity index (χ4n) is 1.40. The molecule has 0 radical (unpaired) electrons. The molecule has 0 spiro atoms. The molecular formula is C14H20N2O4. The van der Waals surface area contributed by atoms with Gasteiger partial charge >= 0.3 is 6.09 Å². The van der Waals surface area contributed by atoms with Gasteiger partial charge in [0.05, 0.1) is 20.4 Å². The molecule has 110 valence electrons. The molecule has 1 N–H and O–H groups in total. The van der Waals surface area contributed by atoms with Gasteiger partial charge in [-0.05, 0) is 39.0 Å². The Hall–Kier alpha value is -2.24. The van der Waals surface area contributed by atoms with Gasteiger partial charge in [-0.2, -0.15) is 5.10 Å². The molecule has 6 heteroatoms. The summed E-state index contributed by atoms with van der Waals surface area (Å²) in [5, 5.41) is 3.82. The lowest BCUT2D eigenvalue weighted by Crippen LogP contribution is -2.29. The van der Waals surface area contributed by atoms with Crippen molar-refractivity contribution in [3.8, 4) is 11.5 Å². The van der Waals surface area contributed by atoms with E-state index in [0.29, 0.717) is 17.1 Å². The van der Waals surface area contributed by atoms with Crippen molar-refractivity contribution in [1.29, 1.82) is 0 Å². The molecule has 0 aliphatic heterocycles. The third kappa shape index (κ3) is 5.17. The van der Waals surface area contributed by atoms with E-state index in [9.17, 15) is 4.79 Å². The molecule has 1 amide bonds. The van der Waals surface area contributed by atoms with Crippen molar-refractivity contribution in [2.45, 2.75) is 26.4 Å². The lowest BCUT2D eigenvalue weighted by atomic mass is 10.2. The van der Waals surface area contributed by atoms with Gasteiger partial charge in [0.1, 0.15) is 17.1 Å². The molecule has 0 aliphatic carbocycles. The highest BCUT2D eigenvalue weighted by Gasteiger charge is 2.15. The van der Waals surface area contributed by atoms with Crippen LogP contribution in [-0.2, 0) is 4.74 Å². The number of rotatable bonds is 4. The first-order chi connectivity index (χ1) is 9.35. The summed E-state index contributed by atoms with van der Waals surface area (Å²) < 4.78 is 15.4. The molecule has 0 atom stereocenters. The number of benzene rings is 1. The van der Waals surface area contributed by atoms with Gasteiger partial charge in [-0.25, -0.2) is 10.2 Å². The average molecular weight is 280 g/mol. The van der Waals surface area contributed by atoms with Crippen molar-refractivity contribution in [2.75, 3.05) is 14.2 Å². The number of carbonyl (C=O) groups excluding carboxylic acids is 1. The molecule has 0 aliphatic rings. The summed E-state index contributed by atoms with van der Waals surface area (Å²) in [5.74, 6) is 1.30. The molecule has 0 unspecified atom stereocenters. The summed E-state index contributed by atoms with van der Waals surface area (Å²) in [6.45, 7) is 5.34. The standard InChI is InChI=1S/C14H20N2O4/c1-14(2,3)20-13(17)16-15-9-10-8-11(18-4)6-7-12(10)19-5/h6-9H,1-5H3,(H,16,17). The monoisotopic (exact) mass is 280 g/mol. The molecule has 20 heavy (non-hydrogen) atoms. The molecule has 0 saturated heterocycles. The molecule has 1 rings (SSSR count). The highest BCUT2D eigenvalue weighted by molar-refractivity contribution is 5.85. The summed E-state index contributed by atoms with van der Waals surface area (Å²) in [4.78, 5) is 11.4. The predicted octanol–water partition coefficient (Wildman–Crippen LogP) is 2.56. The molecule has 6 nitrogen and oxygen atoms in total. The Morgan fingerprint density at radius 3 is 2.50 bits per heavy atom. The molecular weight excluding hydrogens is 260 g/mol. The zero-order chi connectivity index (χ0) is 15.2.